The van der Waals surface area contributed by atoms with Crippen LogP contribution in [-0.2, 0) is 5.41 Å². The zero-order chi connectivity index (χ0) is 32.4. The molecule has 0 spiro atoms. The van der Waals surface area contributed by atoms with Crippen molar-refractivity contribution in [3.63, 3.8) is 0 Å². The van der Waals surface area contributed by atoms with Crippen molar-refractivity contribution in [2.75, 3.05) is 0 Å². The number of nitrogens with zero attached hydrogens (tertiary/aromatic N) is 4. The predicted octanol–water partition coefficient (Wildman–Crippen LogP) is 9.09. The molecule has 0 aliphatic heterocycles. The van der Waals surface area contributed by atoms with Gasteiger partial charge in [-0.3, -0.25) is 4.57 Å². The molecule has 0 radical (unpaired) electrons. The van der Waals surface area contributed by atoms with Gasteiger partial charge in [-0.1, -0.05) is 119 Å². The average molecular weight is 619 g/mol. The Bertz CT molecular complexity index is 2780. The van der Waals surface area contributed by atoms with Gasteiger partial charge in [-0.25, -0.2) is 9.97 Å². The molecule has 2 aliphatic rings. The fourth-order valence-electron chi connectivity index (χ4n) is 8.54. The van der Waals surface area contributed by atoms with Crippen molar-refractivity contribution in [3.8, 4) is 34.0 Å². The maximum absolute atomic E-state index is 5.59. The fourth-order valence-corrected chi connectivity index (χ4v) is 8.54. The van der Waals surface area contributed by atoms with Crippen LogP contribution in [0.15, 0.2) is 121 Å². The SMILES string of the molecule is CC1(C)C=c2nc(-n3c4ccccc4c4ccc5c(ccn5-c5ccccc5)c43)nc(-c3cccc4c3C(C)(C)c3ccccc3-4)c2=C1. The molecule has 48 heavy (non-hydrogen) atoms. The zero-order valence-corrected chi connectivity index (χ0v) is 27.5. The summed E-state index contributed by atoms with van der Waals surface area (Å²) in [7, 11) is 0. The molecule has 5 aromatic carbocycles. The van der Waals surface area contributed by atoms with Gasteiger partial charge in [0.25, 0.3) is 0 Å². The zero-order valence-electron chi connectivity index (χ0n) is 27.5. The van der Waals surface area contributed by atoms with Gasteiger partial charge in [0.05, 0.1) is 27.6 Å². The van der Waals surface area contributed by atoms with E-state index in [1.165, 1.54) is 44.0 Å². The highest BCUT2D eigenvalue weighted by Crippen LogP contribution is 2.51. The molecule has 8 aromatic rings. The van der Waals surface area contributed by atoms with E-state index in [2.05, 4.69) is 170 Å². The quantitative estimate of drug-likeness (QED) is 0.198. The van der Waals surface area contributed by atoms with Crippen LogP contribution in [0, 0.1) is 5.41 Å². The molecule has 0 atom stereocenters. The average Bonchev–Trinajstić information content (AvgIpc) is 3.82. The summed E-state index contributed by atoms with van der Waals surface area (Å²) in [5, 5.41) is 5.67. The molecule has 3 aromatic heterocycles. The minimum absolute atomic E-state index is 0.137. The van der Waals surface area contributed by atoms with Gasteiger partial charge >= 0.3 is 0 Å². The molecule has 0 fully saturated rings. The molecule has 0 bridgehead atoms. The Morgan fingerprint density at radius 1 is 0.562 bits per heavy atom. The first-order valence-corrected chi connectivity index (χ1v) is 16.8. The molecule has 4 nitrogen and oxygen atoms in total. The molecule has 10 rings (SSSR count). The van der Waals surface area contributed by atoms with E-state index >= 15 is 0 Å². The molecule has 3 heterocycles. The first-order chi connectivity index (χ1) is 23.3. The van der Waals surface area contributed by atoms with Crippen LogP contribution in [0.5, 0.6) is 0 Å². The van der Waals surface area contributed by atoms with Crippen LogP contribution in [0.2, 0.25) is 0 Å². The summed E-state index contributed by atoms with van der Waals surface area (Å²) < 4.78 is 4.57. The highest BCUT2D eigenvalue weighted by molar-refractivity contribution is 6.18. The lowest BCUT2D eigenvalue weighted by atomic mass is 9.79. The third-order valence-electron chi connectivity index (χ3n) is 10.6. The maximum atomic E-state index is 5.59. The highest BCUT2D eigenvalue weighted by atomic mass is 15.2. The van der Waals surface area contributed by atoms with E-state index in [1.807, 2.05) is 0 Å². The molecule has 0 amide bonds. The monoisotopic (exact) mass is 618 g/mol. The Balaban J connectivity index is 1.31. The summed E-state index contributed by atoms with van der Waals surface area (Å²) in [6.45, 7) is 9.21. The van der Waals surface area contributed by atoms with Crippen molar-refractivity contribution >= 4 is 44.9 Å². The lowest BCUT2D eigenvalue weighted by Gasteiger charge is -2.24. The van der Waals surface area contributed by atoms with Gasteiger partial charge in [0.2, 0.25) is 5.95 Å². The third-order valence-corrected chi connectivity index (χ3v) is 10.6. The minimum Gasteiger partial charge on any atom is -0.316 e. The first-order valence-electron chi connectivity index (χ1n) is 16.8. The van der Waals surface area contributed by atoms with Gasteiger partial charge < -0.3 is 4.57 Å². The van der Waals surface area contributed by atoms with E-state index in [-0.39, 0.29) is 10.8 Å². The molecular formula is C44H34N4. The van der Waals surface area contributed by atoms with Crippen LogP contribution in [0.3, 0.4) is 0 Å². The third kappa shape index (κ3) is 3.66. The molecule has 230 valence electrons. The number of rotatable bonds is 3. The van der Waals surface area contributed by atoms with Crippen molar-refractivity contribution in [1.29, 1.82) is 0 Å². The fraction of sp³-hybridized carbons (Fsp3) is 0.136. The van der Waals surface area contributed by atoms with E-state index in [0.29, 0.717) is 5.95 Å². The standard InChI is InChI=1S/C44H34N4/c1-43(2)25-34-36(26-43)45-42(46-40(34)33-18-12-17-30-28-15-8-10-19-35(28)44(3,4)39(30)33)48-38-20-11-9-16-29(38)31-21-22-37-32(41(31)48)23-24-47(37)27-13-6-5-7-14-27/h5-26H,1-4H3. The van der Waals surface area contributed by atoms with Crippen molar-refractivity contribution in [3.05, 3.63) is 143 Å². The first kappa shape index (κ1) is 27.4. The predicted molar refractivity (Wildman–Crippen MR) is 198 cm³/mol. The number of hydrogen-bond donors (Lipinski definition) is 0. The second kappa shape index (κ2) is 9.42. The summed E-state index contributed by atoms with van der Waals surface area (Å²) in [5.74, 6) is 0.697. The minimum atomic E-state index is -0.169. The second-order valence-electron chi connectivity index (χ2n) is 14.4. The number of aromatic nitrogens is 4. The van der Waals surface area contributed by atoms with Crippen molar-refractivity contribution in [2.45, 2.75) is 33.1 Å². The van der Waals surface area contributed by atoms with Gasteiger partial charge in [-0.05, 0) is 58.7 Å². The number of fused-ring (bicyclic) bond motifs is 9. The molecule has 0 unspecified atom stereocenters. The maximum Gasteiger partial charge on any atom is 0.235 e. The molecule has 2 aliphatic carbocycles. The van der Waals surface area contributed by atoms with Crippen LogP contribution in [0.25, 0.3) is 78.9 Å². The Hall–Kier alpha value is -5.74. The number of para-hydroxylation sites is 2. The summed E-state index contributed by atoms with van der Waals surface area (Å²) in [5.41, 5.74) is 11.7. The summed E-state index contributed by atoms with van der Waals surface area (Å²) in [4.78, 5) is 11.0. The normalized spacial score (nSPS) is 15.3. The van der Waals surface area contributed by atoms with Gasteiger partial charge in [0.1, 0.15) is 0 Å². The van der Waals surface area contributed by atoms with Crippen LogP contribution in [0.4, 0.5) is 0 Å². The van der Waals surface area contributed by atoms with Crippen molar-refractivity contribution < 1.29 is 0 Å². The summed E-state index contributed by atoms with van der Waals surface area (Å²) in [6.07, 6.45) is 6.82. The van der Waals surface area contributed by atoms with Crippen LogP contribution in [0.1, 0.15) is 38.8 Å². The summed E-state index contributed by atoms with van der Waals surface area (Å²) in [6, 6.07) is 41.5. The van der Waals surface area contributed by atoms with E-state index in [9.17, 15) is 0 Å². The van der Waals surface area contributed by atoms with E-state index in [0.717, 1.165) is 38.5 Å². The Kier molecular flexibility index (Phi) is 5.37. The number of benzene rings is 5. The van der Waals surface area contributed by atoms with E-state index < -0.39 is 0 Å². The summed E-state index contributed by atoms with van der Waals surface area (Å²) >= 11 is 0. The molecular weight excluding hydrogens is 585 g/mol. The Labute approximate surface area is 279 Å². The van der Waals surface area contributed by atoms with E-state index in [4.69, 9.17) is 9.97 Å². The molecule has 0 saturated carbocycles. The largest absolute Gasteiger partial charge is 0.316 e. The van der Waals surface area contributed by atoms with Crippen LogP contribution >= 0.6 is 0 Å². The van der Waals surface area contributed by atoms with Gasteiger partial charge in [-0.15, -0.1) is 0 Å². The second-order valence-corrected chi connectivity index (χ2v) is 14.4. The van der Waals surface area contributed by atoms with Crippen molar-refractivity contribution in [1.82, 2.24) is 19.1 Å². The van der Waals surface area contributed by atoms with Crippen LogP contribution < -0.4 is 10.6 Å². The number of hydrogen-bond acceptors (Lipinski definition) is 2. The lowest BCUT2D eigenvalue weighted by Crippen LogP contribution is -2.31. The van der Waals surface area contributed by atoms with Gasteiger partial charge in [0, 0.05) is 49.7 Å². The van der Waals surface area contributed by atoms with Crippen molar-refractivity contribution in [2.24, 2.45) is 5.41 Å². The molecule has 4 heteroatoms. The highest BCUT2D eigenvalue weighted by Gasteiger charge is 2.38. The Morgan fingerprint density at radius 3 is 2.19 bits per heavy atom. The molecule has 0 N–H and O–H groups in total. The van der Waals surface area contributed by atoms with Crippen LogP contribution in [-0.4, -0.2) is 19.1 Å². The van der Waals surface area contributed by atoms with Gasteiger partial charge in [0.15, 0.2) is 0 Å². The topological polar surface area (TPSA) is 35.6 Å². The van der Waals surface area contributed by atoms with Gasteiger partial charge in [-0.2, -0.15) is 0 Å². The smallest absolute Gasteiger partial charge is 0.235 e. The molecule has 0 saturated heterocycles. The van der Waals surface area contributed by atoms with E-state index in [1.54, 1.807) is 0 Å². The lowest BCUT2D eigenvalue weighted by molar-refractivity contribution is 0.661. The Morgan fingerprint density at radius 2 is 1.31 bits per heavy atom.